The van der Waals surface area contributed by atoms with Crippen LogP contribution >= 0.6 is 0 Å². The third-order valence-electron chi connectivity index (χ3n) is 4.63. The van der Waals surface area contributed by atoms with Gasteiger partial charge in [0.2, 0.25) is 0 Å². The van der Waals surface area contributed by atoms with E-state index < -0.39 is 0 Å². The van der Waals surface area contributed by atoms with Gasteiger partial charge < -0.3 is 14.0 Å². The second-order valence-electron chi connectivity index (χ2n) is 6.45. The standard InChI is InChI=1S/C21H22N6O2/c1-4-11-27-17-8-6-5-7-16(17)19-20(27)23-21(26-24-19)25-22-13-14-9-10-15(28-2)12-18(14)29-3/h5-10,12-13H,4,11H2,1-3H3,(H,23,25,26)/b22-13+. The van der Waals surface area contributed by atoms with Crippen LogP contribution in [0, 0.1) is 0 Å². The van der Waals surface area contributed by atoms with Crippen molar-refractivity contribution in [2.24, 2.45) is 5.10 Å². The molecule has 29 heavy (non-hydrogen) atoms. The molecule has 148 valence electrons. The van der Waals surface area contributed by atoms with Crippen molar-refractivity contribution in [1.29, 1.82) is 0 Å². The Balaban J connectivity index is 1.64. The molecule has 8 heteroatoms. The summed E-state index contributed by atoms with van der Waals surface area (Å²) in [6.45, 7) is 3.00. The number of anilines is 1. The number of nitrogens with one attached hydrogen (secondary N) is 1. The summed E-state index contributed by atoms with van der Waals surface area (Å²) in [5, 5.41) is 13.9. The van der Waals surface area contributed by atoms with Gasteiger partial charge >= 0.3 is 0 Å². The second kappa shape index (κ2) is 8.14. The van der Waals surface area contributed by atoms with E-state index in [0.29, 0.717) is 17.4 Å². The number of aryl methyl sites for hydroxylation is 1. The zero-order valence-electron chi connectivity index (χ0n) is 16.6. The number of benzene rings is 2. The van der Waals surface area contributed by atoms with Gasteiger partial charge in [-0.05, 0) is 24.6 Å². The summed E-state index contributed by atoms with van der Waals surface area (Å²) in [4.78, 5) is 4.65. The SMILES string of the molecule is CCCn1c2ccccc2c2nnc(N/N=C/c3ccc(OC)cc3OC)nc21. The fourth-order valence-electron chi connectivity index (χ4n) is 3.29. The lowest BCUT2D eigenvalue weighted by molar-refractivity contribution is 0.394. The first-order valence-electron chi connectivity index (χ1n) is 9.38. The summed E-state index contributed by atoms with van der Waals surface area (Å²) in [7, 11) is 3.22. The zero-order chi connectivity index (χ0) is 20.2. The van der Waals surface area contributed by atoms with Crippen molar-refractivity contribution >= 4 is 34.2 Å². The van der Waals surface area contributed by atoms with Crippen LogP contribution in [-0.4, -0.2) is 40.2 Å². The van der Waals surface area contributed by atoms with Crippen molar-refractivity contribution in [3.8, 4) is 11.5 Å². The van der Waals surface area contributed by atoms with Crippen LogP contribution in [0.4, 0.5) is 5.95 Å². The van der Waals surface area contributed by atoms with Gasteiger partial charge in [-0.25, -0.2) is 5.43 Å². The van der Waals surface area contributed by atoms with Crippen molar-refractivity contribution in [2.75, 3.05) is 19.6 Å². The summed E-state index contributed by atoms with van der Waals surface area (Å²) in [6.07, 6.45) is 2.64. The maximum atomic E-state index is 5.38. The highest BCUT2D eigenvalue weighted by molar-refractivity contribution is 6.04. The van der Waals surface area contributed by atoms with Crippen molar-refractivity contribution in [2.45, 2.75) is 19.9 Å². The molecule has 0 unspecified atom stereocenters. The van der Waals surface area contributed by atoms with Crippen molar-refractivity contribution < 1.29 is 9.47 Å². The molecule has 0 spiro atoms. The number of rotatable bonds is 7. The highest BCUT2D eigenvalue weighted by Crippen LogP contribution is 2.26. The number of hydrogen-bond donors (Lipinski definition) is 1. The molecule has 4 rings (SSSR count). The van der Waals surface area contributed by atoms with E-state index in [2.05, 4.69) is 43.3 Å². The number of hydrazone groups is 1. The van der Waals surface area contributed by atoms with Crippen LogP contribution in [-0.2, 0) is 6.54 Å². The molecule has 0 amide bonds. The molecule has 0 atom stereocenters. The first kappa shape index (κ1) is 18.7. The Morgan fingerprint density at radius 1 is 1.10 bits per heavy atom. The molecule has 0 saturated carbocycles. The number of ether oxygens (including phenoxy) is 2. The van der Waals surface area contributed by atoms with Gasteiger partial charge in [-0.1, -0.05) is 25.1 Å². The van der Waals surface area contributed by atoms with Crippen LogP contribution in [0.5, 0.6) is 11.5 Å². The van der Waals surface area contributed by atoms with E-state index in [-0.39, 0.29) is 0 Å². The van der Waals surface area contributed by atoms with Crippen LogP contribution in [0.15, 0.2) is 47.6 Å². The lowest BCUT2D eigenvalue weighted by Gasteiger charge is -2.07. The minimum atomic E-state index is 0.335. The number of methoxy groups -OCH3 is 2. The van der Waals surface area contributed by atoms with Crippen LogP contribution in [0.3, 0.4) is 0 Å². The van der Waals surface area contributed by atoms with E-state index in [1.54, 1.807) is 26.5 Å². The molecule has 0 bridgehead atoms. The number of fused-ring (bicyclic) bond motifs is 3. The highest BCUT2D eigenvalue weighted by atomic mass is 16.5. The van der Waals surface area contributed by atoms with Gasteiger partial charge in [0.25, 0.3) is 5.95 Å². The van der Waals surface area contributed by atoms with Crippen molar-refractivity contribution in [3.63, 3.8) is 0 Å². The Kier molecular flexibility index (Phi) is 5.24. The molecule has 2 aromatic heterocycles. The Morgan fingerprint density at radius 2 is 1.97 bits per heavy atom. The zero-order valence-corrected chi connectivity index (χ0v) is 16.6. The molecule has 2 aromatic carbocycles. The van der Waals surface area contributed by atoms with E-state index in [1.165, 1.54) is 0 Å². The average molecular weight is 390 g/mol. The molecule has 1 N–H and O–H groups in total. The van der Waals surface area contributed by atoms with Crippen LogP contribution in [0.25, 0.3) is 22.1 Å². The Bertz CT molecular complexity index is 1180. The topological polar surface area (TPSA) is 86.5 Å². The maximum absolute atomic E-state index is 5.38. The van der Waals surface area contributed by atoms with Crippen molar-refractivity contribution in [1.82, 2.24) is 19.7 Å². The molecule has 8 nitrogen and oxygen atoms in total. The van der Waals surface area contributed by atoms with Gasteiger partial charge in [0, 0.05) is 23.6 Å². The van der Waals surface area contributed by atoms with Crippen LogP contribution in [0.2, 0.25) is 0 Å². The molecular formula is C21H22N6O2. The lowest BCUT2D eigenvalue weighted by Crippen LogP contribution is -2.03. The van der Waals surface area contributed by atoms with E-state index in [4.69, 9.17) is 9.47 Å². The van der Waals surface area contributed by atoms with Gasteiger partial charge in [0.15, 0.2) is 5.65 Å². The summed E-state index contributed by atoms with van der Waals surface area (Å²) < 4.78 is 12.8. The first-order chi connectivity index (χ1) is 14.2. The van der Waals surface area contributed by atoms with Crippen LogP contribution < -0.4 is 14.9 Å². The average Bonchev–Trinajstić information content (AvgIpc) is 3.07. The molecule has 0 aliphatic heterocycles. The maximum Gasteiger partial charge on any atom is 0.265 e. The smallest absolute Gasteiger partial charge is 0.265 e. The molecule has 0 aliphatic carbocycles. The van der Waals surface area contributed by atoms with Gasteiger partial charge in [-0.3, -0.25) is 0 Å². The van der Waals surface area contributed by atoms with E-state index in [1.807, 2.05) is 30.3 Å². The number of hydrogen-bond acceptors (Lipinski definition) is 7. The minimum absolute atomic E-state index is 0.335. The minimum Gasteiger partial charge on any atom is -0.497 e. The summed E-state index contributed by atoms with van der Waals surface area (Å²) in [5.74, 6) is 1.71. The lowest BCUT2D eigenvalue weighted by atomic mass is 10.2. The van der Waals surface area contributed by atoms with Gasteiger partial charge in [-0.2, -0.15) is 10.1 Å². The highest BCUT2D eigenvalue weighted by Gasteiger charge is 2.13. The Hall–Kier alpha value is -3.68. The summed E-state index contributed by atoms with van der Waals surface area (Å²) in [5.41, 5.74) is 6.36. The predicted molar refractivity (Wildman–Crippen MR) is 114 cm³/mol. The normalized spacial score (nSPS) is 11.4. The van der Waals surface area contributed by atoms with E-state index in [0.717, 1.165) is 40.6 Å². The van der Waals surface area contributed by atoms with Crippen LogP contribution in [0.1, 0.15) is 18.9 Å². The van der Waals surface area contributed by atoms with Gasteiger partial charge in [-0.15, -0.1) is 10.2 Å². The van der Waals surface area contributed by atoms with Gasteiger partial charge in [0.05, 0.1) is 26.0 Å². The third-order valence-corrected chi connectivity index (χ3v) is 4.63. The Morgan fingerprint density at radius 3 is 2.76 bits per heavy atom. The molecular weight excluding hydrogens is 368 g/mol. The first-order valence-corrected chi connectivity index (χ1v) is 9.38. The quantitative estimate of drug-likeness (QED) is 0.381. The second-order valence-corrected chi connectivity index (χ2v) is 6.45. The van der Waals surface area contributed by atoms with Gasteiger partial charge in [0.1, 0.15) is 17.0 Å². The molecule has 4 aromatic rings. The van der Waals surface area contributed by atoms with Crippen molar-refractivity contribution in [3.05, 3.63) is 48.0 Å². The van der Waals surface area contributed by atoms with E-state index in [9.17, 15) is 0 Å². The fourth-order valence-corrected chi connectivity index (χ4v) is 3.29. The third kappa shape index (κ3) is 3.56. The Labute approximate surface area is 168 Å². The molecule has 0 fully saturated rings. The number of para-hydroxylation sites is 1. The summed E-state index contributed by atoms with van der Waals surface area (Å²) >= 11 is 0. The number of aromatic nitrogens is 4. The fraction of sp³-hybridized carbons (Fsp3) is 0.238. The van der Waals surface area contributed by atoms with E-state index >= 15 is 0 Å². The summed E-state index contributed by atoms with van der Waals surface area (Å²) in [6, 6.07) is 13.7. The number of nitrogens with zero attached hydrogens (tertiary/aromatic N) is 5. The molecule has 0 aliphatic rings. The molecule has 0 saturated heterocycles. The predicted octanol–water partition coefficient (Wildman–Crippen LogP) is 3.85. The molecule has 2 heterocycles. The molecule has 0 radical (unpaired) electrons. The monoisotopic (exact) mass is 390 g/mol. The largest absolute Gasteiger partial charge is 0.497 e.